The van der Waals surface area contributed by atoms with Gasteiger partial charge in [0.2, 0.25) is 0 Å². The van der Waals surface area contributed by atoms with Crippen molar-refractivity contribution >= 4 is 11.4 Å². The molecule has 98 valence electrons. The number of rotatable bonds is 6. The molecule has 0 spiro atoms. The summed E-state index contributed by atoms with van der Waals surface area (Å²) in [5.41, 5.74) is 0.631. The first-order valence-electron chi connectivity index (χ1n) is 6.19. The molecule has 5 heteroatoms. The molecule has 18 heavy (non-hydrogen) atoms. The van der Waals surface area contributed by atoms with Crippen LogP contribution in [0.4, 0.5) is 11.4 Å². The maximum Gasteiger partial charge on any atom is 0.296 e. The van der Waals surface area contributed by atoms with Crippen LogP contribution in [0, 0.1) is 16.0 Å². The quantitative estimate of drug-likeness (QED) is 0.622. The number of methoxy groups -OCH3 is 1. The Balaban J connectivity index is 2.12. The first-order valence-corrected chi connectivity index (χ1v) is 6.19. The lowest BCUT2D eigenvalue weighted by molar-refractivity contribution is -0.384. The Bertz CT molecular complexity index is 444. The Morgan fingerprint density at radius 2 is 2.28 bits per heavy atom. The van der Waals surface area contributed by atoms with Crippen molar-refractivity contribution in [3.63, 3.8) is 0 Å². The molecule has 1 N–H and O–H groups in total. The largest absolute Gasteiger partial charge is 0.496 e. The van der Waals surface area contributed by atoms with Crippen LogP contribution in [0.25, 0.3) is 0 Å². The van der Waals surface area contributed by atoms with Gasteiger partial charge in [-0.3, -0.25) is 10.1 Å². The Kier molecular flexibility index (Phi) is 3.69. The topological polar surface area (TPSA) is 64.4 Å². The lowest BCUT2D eigenvalue weighted by Crippen LogP contribution is -2.16. The van der Waals surface area contributed by atoms with E-state index in [1.54, 1.807) is 12.1 Å². The molecule has 1 aromatic carbocycles. The van der Waals surface area contributed by atoms with Crippen molar-refractivity contribution < 1.29 is 9.66 Å². The molecule has 1 atom stereocenters. The predicted molar refractivity (Wildman–Crippen MR) is 70.1 cm³/mol. The maximum atomic E-state index is 11.0. The molecule has 1 aromatic rings. The van der Waals surface area contributed by atoms with Gasteiger partial charge in [0.1, 0.15) is 11.4 Å². The summed E-state index contributed by atoms with van der Waals surface area (Å²) in [6, 6.07) is 5.15. The highest BCUT2D eigenvalue weighted by Gasteiger charge is 2.24. The monoisotopic (exact) mass is 250 g/mol. The number of nitro benzene ring substituents is 1. The van der Waals surface area contributed by atoms with E-state index in [1.165, 1.54) is 26.0 Å². The maximum absolute atomic E-state index is 11.0. The van der Waals surface area contributed by atoms with Crippen molar-refractivity contribution in [2.75, 3.05) is 12.4 Å². The van der Waals surface area contributed by atoms with E-state index in [0.717, 1.165) is 12.3 Å². The molecule has 0 heterocycles. The minimum absolute atomic E-state index is 0.0667. The highest BCUT2D eigenvalue weighted by Crippen LogP contribution is 2.35. The van der Waals surface area contributed by atoms with E-state index in [-0.39, 0.29) is 16.7 Å². The summed E-state index contributed by atoms with van der Waals surface area (Å²) in [5.74, 6) is 1.30. The van der Waals surface area contributed by atoms with Crippen molar-refractivity contribution in [1.29, 1.82) is 0 Å². The summed E-state index contributed by atoms with van der Waals surface area (Å²) in [7, 11) is 1.50. The molecule has 1 aliphatic carbocycles. The van der Waals surface area contributed by atoms with Gasteiger partial charge in [-0.15, -0.1) is 0 Å². The van der Waals surface area contributed by atoms with E-state index in [9.17, 15) is 10.1 Å². The van der Waals surface area contributed by atoms with Gasteiger partial charge in [0, 0.05) is 6.04 Å². The standard InChI is InChI=1S/C13H18N2O3/c1-9(7-10-3-4-10)14-12-6-5-11(18-2)8-13(12)15(16)17/h5-6,8-10,14H,3-4,7H2,1-2H3. The van der Waals surface area contributed by atoms with Crippen molar-refractivity contribution in [3.8, 4) is 5.75 Å². The minimum atomic E-state index is -0.380. The van der Waals surface area contributed by atoms with E-state index in [0.29, 0.717) is 11.4 Å². The van der Waals surface area contributed by atoms with Gasteiger partial charge in [-0.1, -0.05) is 12.8 Å². The molecule has 1 unspecified atom stereocenters. The second-order valence-electron chi connectivity index (χ2n) is 4.86. The number of nitrogens with zero attached hydrogens (tertiary/aromatic N) is 1. The fourth-order valence-corrected chi connectivity index (χ4v) is 2.09. The van der Waals surface area contributed by atoms with Crippen molar-refractivity contribution in [2.24, 2.45) is 5.92 Å². The van der Waals surface area contributed by atoms with Crippen LogP contribution >= 0.6 is 0 Å². The van der Waals surface area contributed by atoms with Crippen LogP contribution in [-0.4, -0.2) is 18.1 Å². The molecule has 0 amide bonds. The first-order chi connectivity index (χ1) is 8.60. The number of benzene rings is 1. The second-order valence-corrected chi connectivity index (χ2v) is 4.86. The molecule has 1 aliphatic rings. The van der Waals surface area contributed by atoms with Crippen LogP contribution in [0.1, 0.15) is 26.2 Å². The van der Waals surface area contributed by atoms with E-state index < -0.39 is 0 Å². The van der Waals surface area contributed by atoms with Crippen LogP contribution in [-0.2, 0) is 0 Å². The first kappa shape index (κ1) is 12.7. The SMILES string of the molecule is COc1ccc(NC(C)CC2CC2)c([N+](=O)[O-])c1. The molecule has 0 aromatic heterocycles. The fraction of sp³-hybridized carbons (Fsp3) is 0.538. The second kappa shape index (κ2) is 5.25. The van der Waals surface area contributed by atoms with Gasteiger partial charge >= 0.3 is 0 Å². The fourth-order valence-electron chi connectivity index (χ4n) is 2.09. The molecular weight excluding hydrogens is 232 g/mol. The molecule has 0 bridgehead atoms. The average Bonchev–Trinajstić information content (AvgIpc) is 3.13. The number of nitrogens with one attached hydrogen (secondary N) is 1. The number of hydrogen-bond donors (Lipinski definition) is 1. The van der Waals surface area contributed by atoms with Gasteiger partial charge in [0.25, 0.3) is 5.69 Å². The lowest BCUT2D eigenvalue weighted by Gasteiger charge is -2.15. The van der Waals surface area contributed by atoms with Crippen molar-refractivity contribution in [2.45, 2.75) is 32.2 Å². The molecule has 0 aliphatic heterocycles. The minimum Gasteiger partial charge on any atom is -0.496 e. The average molecular weight is 250 g/mol. The summed E-state index contributed by atoms with van der Waals surface area (Å²) in [4.78, 5) is 10.6. The zero-order chi connectivity index (χ0) is 13.1. The van der Waals surface area contributed by atoms with Gasteiger partial charge in [-0.25, -0.2) is 0 Å². The van der Waals surface area contributed by atoms with E-state index in [1.807, 2.05) is 0 Å². The Morgan fingerprint density at radius 3 is 2.83 bits per heavy atom. The van der Waals surface area contributed by atoms with Gasteiger partial charge < -0.3 is 10.1 Å². The van der Waals surface area contributed by atoms with Crippen molar-refractivity contribution in [3.05, 3.63) is 28.3 Å². The highest BCUT2D eigenvalue weighted by atomic mass is 16.6. The number of nitro groups is 1. The van der Waals surface area contributed by atoms with Crippen LogP contribution in [0.15, 0.2) is 18.2 Å². The third-order valence-corrected chi connectivity index (χ3v) is 3.19. The van der Waals surface area contributed by atoms with Gasteiger partial charge in [-0.2, -0.15) is 0 Å². The van der Waals surface area contributed by atoms with E-state index >= 15 is 0 Å². The summed E-state index contributed by atoms with van der Waals surface area (Å²) in [5, 5.41) is 14.2. The third kappa shape index (κ3) is 3.12. The Hall–Kier alpha value is -1.78. The summed E-state index contributed by atoms with van der Waals surface area (Å²) >= 11 is 0. The Morgan fingerprint density at radius 1 is 1.56 bits per heavy atom. The molecular formula is C13H18N2O3. The van der Waals surface area contributed by atoms with Crippen molar-refractivity contribution in [1.82, 2.24) is 0 Å². The van der Waals surface area contributed by atoms with Gasteiger partial charge in [0.05, 0.1) is 18.1 Å². The van der Waals surface area contributed by atoms with E-state index in [2.05, 4.69) is 12.2 Å². The smallest absolute Gasteiger partial charge is 0.296 e. The Labute approximate surface area is 106 Å². The van der Waals surface area contributed by atoms with Crippen LogP contribution in [0.5, 0.6) is 5.75 Å². The zero-order valence-electron chi connectivity index (χ0n) is 10.7. The molecule has 1 fully saturated rings. The van der Waals surface area contributed by atoms with Crippen LogP contribution in [0.3, 0.4) is 0 Å². The molecule has 1 saturated carbocycles. The number of anilines is 1. The molecule has 5 nitrogen and oxygen atoms in total. The van der Waals surface area contributed by atoms with Gasteiger partial charge in [-0.05, 0) is 31.4 Å². The van der Waals surface area contributed by atoms with E-state index in [4.69, 9.17) is 4.74 Å². The molecule has 0 radical (unpaired) electrons. The summed E-state index contributed by atoms with van der Waals surface area (Å²) in [6.45, 7) is 2.06. The zero-order valence-corrected chi connectivity index (χ0v) is 10.7. The highest BCUT2D eigenvalue weighted by molar-refractivity contribution is 5.64. The summed E-state index contributed by atoms with van der Waals surface area (Å²) < 4.78 is 5.01. The summed E-state index contributed by atoms with van der Waals surface area (Å²) in [6.07, 6.45) is 3.65. The third-order valence-electron chi connectivity index (χ3n) is 3.19. The van der Waals surface area contributed by atoms with Crippen LogP contribution in [0.2, 0.25) is 0 Å². The number of hydrogen-bond acceptors (Lipinski definition) is 4. The van der Waals surface area contributed by atoms with Gasteiger partial charge in [0.15, 0.2) is 0 Å². The normalized spacial score (nSPS) is 16.1. The lowest BCUT2D eigenvalue weighted by atomic mass is 10.1. The number of ether oxygens (including phenoxy) is 1. The predicted octanol–water partition coefficient (Wildman–Crippen LogP) is 3.20. The molecule has 0 saturated heterocycles. The van der Waals surface area contributed by atoms with Crippen LogP contribution < -0.4 is 10.1 Å². The molecule has 2 rings (SSSR count).